The van der Waals surface area contributed by atoms with Crippen LogP contribution in [0.2, 0.25) is 0 Å². The van der Waals surface area contributed by atoms with E-state index in [1.54, 1.807) is 30.6 Å². The van der Waals surface area contributed by atoms with Crippen molar-refractivity contribution < 1.29 is 24.2 Å². The van der Waals surface area contributed by atoms with Crippen molar-refractivity contribution >= 4 is 34.4 Å². The SMILES string of the molecule is N#Cc1ccc2ncnc(N[C@H]3CC[C@H](N4CCN(CCOc5ccc6c(c5)C(=O)N(C5CCC(=O)NC5=O)C6O)CC4)CC3)c2c1. The summed E-state index contributed by atoms with van der Waals surface area (Å²) in [6.45, 7) is 5.18. The lowest BCUT2D eigenvalue weighted by Gasteiger charge is -2.42. The number of ether oxygens (including phenoxy) is 1. The number of piperidine rings is 1. The van der Waals surface area contributed by atoms with Gasteiger partial charge in [-0.2, -0.15) is 5.26 Å². The number of rotatable bonds is 8. The van der Waals surface area contributed by atoms with E-state index in [0.717, 1.165) is 80.0 Å². The molecule has 3 N–H and O–H groups in total. The first-order valence-corrected chi connectivity index (χ1v) is 16.4. The summed E-state index contributed by atoms with van der Waals surface area (Å²) in [5, 5.41) is 26.9. The third-order valence-corrected chi connectivity index (χ3v) is 9.98. The number of benzene rings is 2. The van der Waals surface area contributed by atoms with Crippen LogP contribution in [0.1, 0.15) is 66.2 Å². The number of hydrogen-bond acceptors (Lipinski definition) is 11. The largest absolute Gasteiger partial charge is 0.492 e. The molecule has 13 nitrogen and oxygen atoms in total. The molecule has 4 heterocycles. The molecule has 3 aliphatic heterocycles. The molecule has 2 atom stereocenters. The van der Waals surface area contributed by atoms with Gasteiger partial charge in [0, 0.05) is 62.2 Å². The molecule has 1 aliphatic carbocycles. The number of aliphatic hydroxyl groups excluding tert-OH is 1. The molecule has 0 bridgehead atoms. The van der Waals surface area contributed by atoms with E-state index in [1.165, 1.54) is 0 Å². The molecule has 0 spiro atoms. The van der Waals surface area contributed by atoms with E-state index in [2.05, 4.69) is 36.5 Å². The number of nitrogens with zero attached hydrogens (tertiary/aromatic N) is 6. The maximum atomic E-state index is 13.2. The quantitative estimate of drug-likeness (QED) is 0.310. The third-order valence-electron chi connectivity index (χ3n) is 9.98. The Labute approximate surface area is 272 Å². The van der Waals surface area contributed by atoms with Crippen molar-refractivity contribution in [1.82, 2.24) is 30.0 Å². The van der Waals surface area contributed by atoms with Crippen LogP contribution in [0.4, 0.5) is 5.82 Å². The van der Waals surface area contributed by atoms with Gasteiger partial charge >= 0.3 is 0 Å². The van der Waals surface area contributed by atoms with E-state index in [1.807, 2.05) is 12.1 Å². The summed E-state index contributed by atoms with van der Waals surface area (Å²) in [6, 6.07) is 12.8. The number of amides is 3. The third kappa shape index (κ3) is 6.36. The van der Waals surface area contributed by atoms with Crippen molar-refractivity contribution in [3.05, 3.63) is 59.4 Å². The van der Waals surface area contributed by atoms with Gasteiger partial charge < -0.3 is 15.2 Å². The zero-order chi connectivity index (χ0) is 32.5. The Kier molecular flexibility index (Phi) is 8.72. The molecule has 13 heteroatoms. The van der Waals surface area contributed by atoms with Gasteiger partial charge in [0.1, 0.15) is 30.5 Å². The van der Waals surface area contributed by atoms with Gasteiger partial charge in [-0.15, -0.1) is 0 Å². The molecule has 2 saturated heterocycles. The maximum Gasteiger partial charge on any atom is 0.257 e. The molecule has 3 aromatic rings. The monoisotopic (exact) mass is 638 g/mol. The molecular weight excluding hydrogens is 600 g/mol. The summed E-state index contributed by atoms with van der Waals surface area (Å²) in [6.07, 6.45) is 5.02. The number of fused-ring (bicyclic) bond motifs is 2. The zero-order valence-corrected chi connectivity index (χ0v) is 26.1. The number of nitrogens with one attached hydrogen (secondary N) is 2. The lowest BCUT2D eigenvalue weighted by molar-refractivity contribution is -0.139. The second-order valence-electron chi connectivity index (χ2n) is 12.7. The van der Waals surface area contributed by atoms with Crippen molar-refractivity contribution in [2.24, 2.45) is 0 Å². The molecule has 2 aromatic carbocycles. The standard InChI is InChI=1S/C34H38N8O5/c35-19-21-1-8-28-27(17-21)31(37-20-36-28)38-22-2-4-23(5-3-22)41-13-11-40(12-14-41)15-16-47-24-6-7-25-26(18-24)34(46)42(33(25)45)29-9-10-30(43)39-32(29)44/h1,6-8,17-18,20,22-23,29,33,45H,2-5,9-16H2,(H,36,37,38)(H,39,43,44)/t22-,23-,29?,33?. The molecule has 4 aliphatic rings. The van der Waals surface area contributed by atoms with Gasteiger partial charge in [0.15, 0.2) is 6.23 Å². The van der Waals surface area contributed by atoms with Crippen molar-refractivity contribution in [2.75, 3.05) is 44.6 Å². The Morgan fingerprint density at radius 3 is 2.57 bits per heavy atom. The molecule has 0 radical (unpaired) electrons. The van der Waals surface area contributed by atoms with Gasteiger partial charge in [0.05, 0.1) is 22.7 Å². The second-order valence-corrected chi connectivity index (χ2v) is 12.7. The summed E-state index contributed by atoms with van der Waals surface area (Å²) in [4.78, 5) is 52.0. The van der Waals surface area contributed by atoms with Gasteiger partial charge in [0.2, 0.25) is 11.8 Å². The molecule has 3 amide bonds. The highest BCUT2D eigenvalue weighted by Gasteiger charge is 2.44. The lowest BCUT2D eigenvalue weighted by atomic mass is 9.89. The first-order chi connectivity index (χ1) is 22.9. The number of aliphatic hydroxyl groups is 1. The van der Waals surface area contributed by atoms with Crippen LogP contribution in [0.5, 0.6) is 5.75 Å². The summed E-state index contributed by atoms with van der Waals surface area (Å²) in [7, 11) is 0. The van der Waals surface area contributed by atoms with Crippen molar-refractivity contribution in [1.29, 1.82) is 5.26 Å². The smallest absolute Gasteiger partial charge is 0.257 e. The van der Waals surface area contributed by atoms with Gasteiger partial charge in [-0.05, 0) is 62.4 Å². The van der Waals surface area contributed by atoms with Crippen LogP contribution in [0.25, 0.3) is 10.9 Å². The fourth-order valence-corrected chi connectivity index (χ4v) is 7.36. The molecule has 1 saturated carbocycles. The van der Waals surface area contributed by atoms with Gasteiger partial charge in [-0.1, -0.05) is 6.07 Å². The Hall–Kier alpha value is -4.64. The van der Waals surface area contributed by atoms with E-state index >= 15 is 0 Å². The number of carbonyl (C=O) groups excluding carboxylic acids is 3. The lowest BCUT2D eigenvalue weighted by Crippen LogP contribution is -2.53. The fourth-order valence-electron chi connectivity index (χ4n) is 7.36. The number of anilines is 1. The van der Waals surface area contributed by atoms with Crippen LogP contribution in [0.3, 0.4) is 0 Å². The number of carbonyl (C=O) groups is 3. The van der Waals surface area contributed by atoms with E-state index in [-0.39, 0.29) is 18.7 Å². The van der Waals surface area contributed by atoms with Gasteiger partial charge in [-0.3, -0.25) is 34.4 Å². The Bertz CT molecular complexity index is 1730. The number of piperazine rings is 1. The highest BCUT2D eigenvalue weighted by molar-refractivity contribution is 6.05. The molecule has 3 fully saturated rings. The molecule has 244 valence electrons. The Morgan fingerprint density at radius 2 is 1.81 bits per heavy atom. The minimum Gasteiger partial charge on any atom is -0.492 e. The highest BCUT2D eigenvalue weighted by Crippen LogP contribution is 2.37. The predicted molar refractivity (Wildman–Crippen MR) is 171 cm³/mol. The van der Waals surface area contributed by atoms with Crippen LogP contribution in [0.15, 0.2) is 42.7 Å². The average Bonchev–Trinajstić information content (AvgIpc) is 3.33. The number of hydrogen-bond donors (Lipinski definition) is 3. The molecule has 7 rings (SSSR count). The van der Waals surface area contributed by atoms with E-state index in [9.17, 15) is 24.8 Å². The van der Waals surface area contributed by atoms with Crippen molar-refractivity contribution in [3.63, 3.8) is 0 Å². The van der Waals surface area contributed by atoms with E-state index in [0.29, 0.717) is 41.1 Å². The van der Waals surface area contributed by atoms with Crippen LogP contribution >= 0.6 is 0 Å². The van der Waals surface area contributed by atoms with Crippen LogP contribution in [-0.4, -0.2) is 105 Å². The van der Waals surface area contributed by atoms with E-state index < -0.39 is 24.1 Å². The minimum atomic E-state index is -1.24. The maximum absolute atomic E-state index is 13.2. The molecule has 1 aromatic heterocycles. The summed E-state index contributed by atoms with van der Waals surface area (Å²) >= 11 is 0. The topological polar surface area (TPSA) is 164 Å². The minimum absolute atomic E-state index is 0.124. The first-order valence-electron chi connectivity index (χ1n) is 16.4. The molecule has 2 unspecified atom stereocenters. The number of aromatic nitrogens is 2. The number of imide groups is 1. The second kappa shape index (κ2) is 13.2. The Morgan fingerprint density at radius 1 is 1.00 bits per heavy atom. The average molecular weight is 639 g/mol. The first kappa shape index (κ1) is 31.0. The Balaban J connectivity index is 0.852. The highest BCUT2D eigenvalue weighted by atomic mass is 16.5. The van der Waals surface area contributed by atoms with Crippen LogP contribution < -0.4 is 15.4 Å². The van der Waals surface area contributed by atoms with Crippen LogP contribution in [0, 0.1) is 11.3 Å². The van der Waals surface area contributed by atoms with Crippen molar-refractivity contribution in [3.8, 4) is 11.8 Å². The summed E-state index contributed by atoms with van der Waals surface area (Å²) in [5.74, 6) is -0.0373. The zero-order valence-electron chi connectivity index (χ0n) is 26.1. The van der Waals surface area contributed by atoms with Gasteiger partial charge in [-0.25, -0.2) is 9.97 Å². The normalized spacial score (nSPS) is 25.4. The summed E-state index contributed by atoms with van der Waals surface area (Å²) in [5.41, 5.74) is 2.19. The summed E-state index contributed by atoms with van der Waals surface area (Å²) < 4.78 is 6.01. The molecular formula is C34H38N8O5. The number of nitriles is 1. The van der Waals surface area contributed by atoms with Gasteiger partial charge in [0.25, 0.3) is 5.91 Å². The molecule has 47 heavy (non-hydrogen) atoms. The van der Waals surface area contributed by atoms with Crippen molar-refractivity contribution in [2.45, 2.75) is 62.9 Å². The predicted octanol–water partition coefficient (Wildman–Crippen LogP) is 2.17. The van der Waals surface area contributed by atoms with E-state index in [4.69, 9.17) is 4.74 Å². The fraction of sp³-hybridized carbons (Fsp3) is 0.471. The van der Waals surface area contributed by atoms with Crippen LogP contribution in [-0.2, 0) is 9.59 Å².